The number of rotatable bonds is 7. The highest BCUT2D eigenvalue weighted by atomic mass is 127. The highest BCUT2D eigenvalue weighted by Crippen LogP contribution is 2.28. The monoisotopic (exact) mass is 522 g/mol. The number of hydrogen-bond acceptors (Lipinski definition) is 4. The molecule has 0 radical (unpaired) electrons. The van der Waals surface area contributed by atoms with E-state index in [1.807, 2.05) is 40.1 Å². The first-order valence-corrected chi connectivity index (χ1v) is 11.1. The van der Waals surface area contributed by atoms with Crippen LogP contribution in [0.1, 0.15) is 17.5 Å². The van der Waals surface area contributed by atoms with Crippen molar-refractivity contribution in [3.63, 3.8) is 0 Å². The van der Waals surface area contributed by atoms with Gasteiger partial charge < -0.3 is 19.3 Å². The maximum Gasteiger partial charge on any atom is 0.227 e. The molecule has 1 heterocycles. The summed E-state index contributed by atoms with van der Waals surface area (Å²) in [5, 5.41) is 0. The summed E-state index contributed by atoms with van der Waals surface area (Å²) in [5.41, 5.74) is 2.06. The molecule has 7 heteroatoms. The van der Waals surface area contributed by atoms with Crippen molar-refractivity contribution < 1.29 is 19.1 Å². The second-order valence-electron chi connectivity index (χ2n) is 7.26. The van der Waals surface area contributed by atoms with Crippen LogP contribution in [0.4, 0.5) is 0 Å². The number of carbonyl (C=O) groups is 2. The molecule has 6 nitrogen and oxygen atoms in total. The molecule has 0 atom stereocenters. The Labute approximate surface area is 191 Å². The summed E-state index contributed by atoms with van der Waals surface area (Å²) < 4.78 is 11.7. The van der Waals surface area contributed by atoms with E-state index >= 15 is 0 Å². The number of carbonyl (C=O) groups excluding carboxylic acids is 2. The predicted molar refractivity (Wildman–Crippen MR) is 124 cm³/mol. The van der Waals surface area contributed by atoms with Gasteiger partial charge in [-0.2, -0.15) is 0 Å². The average molecular weight is 522 g/mol. The minimum absolute atomic E-state index is 0.0631. The number of aryl methyl sites for hydroxylation is 1. The highest BCUT2D eigenvalue weighted by Gasteiger charge is 2.24. The van der Waals surface area contributed by atoms with Crippen LogP contribution < -0.4 is 9.47 Å². The maximum atomic E-state index is 12.7. The molecular formula is C23H27IN2O4. The lowest BCUT2D eigenvalue weighted by Crippen LogP contribution is -2.51. The first kappa shape index (κ1) is 22.4. The smallest absolute Gasteiger partial charge is 0.227 e. The minimum Gasteiger partial charge on any atom is -0.493 e. The Bertz CT molecular complexity index is 895. The van der Waals surface area contributed by atoms with Crippen LogP contribution in [0.5, 0.6) is 11.5 Å². The van der Waals surface area contributed by atoms with Crippen LogP contribution in [0.3, 0.4) is 0 Å². The Kier molecular flexibility index (Phi) is 7.95. The fraction of sp³-hybridized carbons (Fsp3) is 0.391. The average Bonchev–Trinajstić information content (AvgIpc) is 2.77. The number of benzene rings is 2. The zero-order chi connectivity index (χ0) is 21.5. The van der Waals surface area contributed by atoms with Gasteiger partial charge in [-0.05, 0) is 64.4 Å². The molecule has 0 saturated carbocycles. The third-order valence-electron chi connectivity index (χ3n) is 5.30. The molecule has 0 N–H and O–H groups in total. The fourth-order valence-corrected chi connectivity index (χ4v) is 4.19. The quantitative estimate of drug-likeness (QED) is 0.525. The van der Waals surface area contributed by atoms with E-state index in [9.17, 15) is 9.59 Å². The van der Waals surface area contributed by atoms with Crippen molar-refractivity contribution in [1.29, 1.82) is 0 Å². The normalized spacial score (nSPS) is 13.8. The van der Waals surface area contributed by atoms with E-state index in [0.29, 0.717) is 50.5 Å². The van der Waals surface area contributed by atoms with Gasteiger partial charge in [0.25, 0.3) is 0 Å². The van der Waals surface area contributed by atoms with Crippen molar-refractivity contribution in [3.8, 4) is 11.5 Å². The van der Waals surface area contributed by atoms with E-state index in [1.165, 1.54) is 9.13 Å². The molecule has 0 spiro atoms. The van der Waals surface area contributed by atoms with Crippen molar-refractivity contribution in [3.05, 3.63) is 57.2 Å². The Morgan fingerprint density at radius 2 is 1.53 bits per heavy atom. The molecule has 1 saturated heterocycles. The molecule has 2 aromatic carbocycles. The molecule has 0 aromatic heterocycles. The van der Waals surface area contributed by atoms with Gasteiger partial charge >= 0.3 is 0 Å². The predicted octanol–water partition coefficient (Wildman–Crippen LogP) is 3.15. The summed E-state index contributed by atoms with van der Waals surface area (Å²) in [5.74, 6) is 1.48. The van der Waals surface area contributed by atoms with E-state index in [-0.39, 0.29) is 11.8 Å². The summed E-state index contributed by atoms with van der Waals surface area (Å²) in [4.78, 5) is 28.9. The molecule has 0 bridgehead atoms. The van der Waals surface area contributed by atoms with Crippen LogP contribution in [0, 0.1) is 3.57 Å². The number of methoxy groups -OCH3 is 2. The zero-order valence-corrected chi connectivity index (χ0v) is 19.6. The number of hydrogen-bond donors (Lipinski definition) is 0. The van der Waals surface area contributed by atoms with Crippen molar-refractivity contribution in [1.82, 2.24) is 9.80 Å². The van der Waals surface area contributed by atoms with Crippen LogP contribution in [-0.4, -0.2) is 62.0 Å². The Balaban J connectivity index is 1.47. The highest BCUT2D eigenvalue weighted by molar-refractivity contribution is 14.1. The van der Waals surface area contributed by atoms with Crippen LogP contribution >= 0.6 is 22.6 Å². The summed E-state index contributed by atoms with van der Waals surface area (Å²) >= 11 is 2.28. The van der Waals surface area contributed by atoms with Gasteiger partial charge in [0.05, 0.1) is 20.6 Å². The van der Waals surface area contributed by atoms with Crippen molar-refractivity contribution in [2.24, 2.45) is 0 Å². The van der Waals surface area contributed by atoms with Gasteiger partial charge in [0, 0.05) is 36.2 Å². The third-order valence-corrected chi connectivity index (χ3v) is 5.98. The first-order valence-electron chi connectivity index (χ1n) is 10.0. The number of halogens is 1. The number of amides is 2. The summed E-state index contributed by atoms with van der Waals surface area (Å²) in [6, 6.07) is 13.8. The SMILES string of the molecule is COc1ccc(CC(=O)N2CCN(C(=O)CCc3cccc(I)c3)CC2)cc1OC. The summed E-state index contributed by atoms with van der Waals surface area (Å²) in [6.07, 6.45) is 1.55. The lowest BCUT2D eigenvalue weighted by molar-refractivity contribution is -0.139. The van der Waals surface area contributed by atoms with Gasteiger partial charge in [-0.3, -0.25) is 9.59 Å². The molecule has 0 unspecified atom stereocenters. The first-order chi connectivity index (χ1) is 14.5. The molecule has 2 amide bonds. The molecule has 1 fully saturated rings. The molecule has 160 valence electrons. The van der Waals surface area contributed by atoms with Crippen molar-refractivity contribution in [2.45, 2.75) is 19.3 Å². The molecule has 1 aliphatic rings. The minimum atomic E-state index is 0.0631. The van der Waals surface area contributed by atoms with Crippen LogP contribution in [0.15, 0.2) is 42.5 Å². The lowest BCUT2D eigenvalue weighted by atomic mass is 10.1. The molecule has 0 aliphatic carbocycles. The number of ether oxygens (including phenoxy) is 2. The van der Waals surface area contributed by atoms with Crippen LogP contribution in [0.25, 0.3) is 0 Å². The van der Waals surface area contributed by atoms with E-state index in [2.05, 4.69) is 34.7 Å². The van der Waals surface area contributed by atoms with E-state index in [4.69, 9.17) is 9.47 Å². The topological polar surface area (TPSA) is 59.1 Å². The second-order valence-corrected chi connectivity index (χ2v) is 8.50. The van der Waals surface area contributed by atoms with E-state index in [0.717, 1.165) is 12.0 Å². The number of piperazine rings is 1. The third kappa shape index (κ3) is 5.87. The van der Waals surface area contributed by atoms with E-state index in [1.54, 1.807) is 14.2 Å². The Morgan fingerprint density at radius 3 is 2.17 bits per heavy atom. The largest absolute Gasteiger partial charge is 0.493 e. The zero-order valence-electron chi connectivity index (χ0n) is 17.4. The standard InChI is InChI=1S/C23H27IN2O4/c1-29-20-8-6-18(15-21(20)30-2)16-23(28)26-12-10-25(11-13-26)22(27)9-7-17-4-3-5-19(24)14-17/h3-6,8,14-15H,7,9-13,16H2,1-2H3. The van der Waals surface area contributed by atoms with Gasteiger partial charge in [-0.15, -0.1) is 0 Å². The van der Waals surface area contributed by atoms with Crippen LogP contribution in [0.2, 0.25) is 0 Å². The van der Waals surface area contributed by atoms with Gasteiger partial charge in [-0.1, -0.05) is 18.2 Å². The van der Waals surface area contributed by atoms with Crippen LogP contribution in [-0.2, 0) is 22.4 Å². The Hall–Kier alpha value is -2.29. The fourth-order valence-electron chi connectivity index (χ4n) is 3.58. The van der Waals surface area contributed by atoms with Gasteiger partial charge in [-0.25, -0.2) is 0 Å². The Morgan fingerprint density at radius 1 is 0.867 bits per heavy atom. The molecule has 2 aromatic rings. The van der Waals surface area contributed by atoms with Crippen molar-refractivity contribution >= 4 is 34.4 Å². The summed E-state index contributed by atoms with van der Waals surface area (Å²) in [7, 11) is 3.17. The summed E-state index contributed by atoms with van der Waals surface area (Å²) in [6.45, 7) is 2.31. The molecule has 1 aliphatic heterocycles. The molecule has 3 rings (SSSR count). The van der Waals surface area contributed by atoms with Gasteiger partial charge in [0.2, 0.25) is 11.8 Å². The molecule has 30 heavy (non-hydrogen) atoms. The van der Waals surface area contributed by atoms with E-state index < -0.39 is 0 Å². The second kappa shape index (κ2) is 10.7. The lowest BCUT2D eigenvalue weighted by Gasteiger charge is -2.35. The van der Waals surface area contributed by atoms with Gasteiger partial charge in [0.15, 0.2) is 11.5 Å². The molecular weight excluding hydrogens is 495 g/mol. The van der Waals surface area contributed by atoms with Gasteiger partial charge in [0.1, 0.15) is 0 Å². The van der Waals surface area contributed by atoms with Crippen molar-refractivity contribution in [2.75, 3.05) is 40.4 Å². The maximum absolute atomic E-state index is 12.7. The number of nitrogens with zero attached hydrogens (tertiary/aromatic N) is 2.